The summed E-state index contributed by atoms with van der Waals surface area (Å²) in [5.74, 6) is 0.559. The molecule has 1 aliphatic heterocycles. The average molecular weight is 414 g/mol. The van der Waals surface area contributed by atoms with Crippen molar-refractivity contribution in [1.29, 1.82) is 0 Å². The standard InChI is InChI=1S/C23H22N6O2/c1-28(2)23(31)14-9-7-13(8-10-14)19-18(21-24-11-12-29(21)3)20-17-15(22(30)27-26-20)5-4-6-16(17)25-19/h4-12,18-19,25H,1-3H3,(H,27,30). The highest BCUT2D eigenvalue weighted by molar-refractivity contribution is 5.97. The van der Waals surface area contributed by atoms with Gasteiger partial charge in [0.05, 0.1) is 23.0 Å². The highest BCUT2D eigenvalue weighted by Gasteiger charge is 2.37. The molecule has 0 aliphatic carbocycles. The molecule has 4 aromatic rings. The van der Waals surface area contributed by atoms with Crippen LogP contribution in [0, 0.1) is 0 Å². The van der Waals surface area contributed by atoms with E-state index >= 15 is 0 Å². The van der Waals surface area contributed by atoms with Crippen molar-refractivity contribution in [3.63, 3.8) is 0 Å². The van der Waals surface area contributed by atoms with Crippen molar-refractivity contribution in [3.8, 4) is 0 Å². The molecule has 31 heavy (non-hydrogen) atoms. The minimum Gasteiger partial charge on any atom is -0.377 e. The largest absolute Gasteiger partial charge is 0.377 e. The van der Waals surface area contributed by atoms with E-state index in [2.05, 4.69) is 20.5 Å². The molecule has 2 atom stereocenters. The predicted molar refractivity (Wildman–Crippen MR) is 118 cm³/mol. The smallest absolute Gasteiger partial charge is 0.272 e. The quantitative estimate of drug-likeness (QED) is 0.537. The summed E-state index contributed by atoms with van der Waals surface area (Å²) in [6.07, 6.45) is 3.66. The lowest BCUT2D eigenvalue weighted by Crippen LogP contribution is -2.29. The Morgan fingerprint density at radius 1 is 1.13 bits per heavy atom. The zero-order valence-corrected chi connectivity index (χ0v) is 17.5. The van der Waals surface area contributed by atoms with Crippen molar-refractivity contribution in [3.05, 3.63) is 87.9 Å². The van der Waals surface area contributed by atoms with Gasteiger partial charge in [0.2, 0.25) is 0 Å². The van der Waals surface area contributed by atoms with Crippen LogP contribution in [0.25, 0.3) is 10.8 Å². The number of hydrogen-bond acceptors (Lipinski definition) is 5. The molecule has 2 aromatic carbocycles. The Hall–Kier alpha value is -3.94. The zero-order chi connectivity index (χ0) is 21.7. The molecule has 1 amide bonds. The lowest BCUT2D eigenvalue weighted by molar-refractivity contribution is 0.0827. The van der Waals surface area contributed by atoms with E-state index in [9.17, 15) is 9.59 Å². The van der Waals surface area contributed by atoms with Gasteiger partial charge in [-0.3, -0.25) is 9.59 Å². The van der Waals surface area contributed by atoms with Gasteiger partial charge in [0.25, 0.3) is 11.5 Å². The van der Waals surface area contributed by atoms with Gasteiger partial charge in [-0.05, 0) is 29.8 Å². The maximum absolute atomic E-state index is 12.4. The van der Waals surface area contributed by atoms with Crippen molar-refractivity contribution < 1.29 is 4.79 Å². The predicted octanol–water partition coefficient (Wildman–Crippen LogP) is 2.66. The number of imidazole rings is 1. The van der Waals surface area contributed by atoms with Crippen LogP contribution in [0.4, 0.5) is 5.69 Å². The zero-order valence-electron chi connectivity index (χ0n) is 17.5. The first kappa shape index (κ1) is 19.0. The molecular weight excluding hydrogens is 392 g/mol. The van der Waals surface area contributed by atoms with Gasteiger partial charge in [0, 0.05) is 50.2 Å². The number of carbonyl (C=O) groups excluding carboxylic acids is 1. The van der Waals surface area contributed by atoms with Crippen molar-refractivity contribution in [2.45, 2.75) is 12.0 Å². The van der Waals surface area contributed by atoms with E-state index in [1.165, 1.54) is 0 Å². The third-order valence-corrected chi connectivity index (χ3v) is 5.84. The molecule has 8 nitrogen and oxygen atoms in total. The number of benzene rings is 2. The second-order valence-corrected chi connectivity index (χ2v) is 7.98. The van der Waals surface area contributed by atoms with Gasteiger partial charge in [0.15, 0.2) is 0 Å². The maximum Gasteiger partial charge on any atom is 0.272 e. The second kappa shape index (κ2) is 7.09. The first-order valence-corrected chi connectivity index (χ1v) is 10.0. The fourth-order valence-corrected chi connectivity index (χ4v) is 4.31. The number of nitrogens with one attached hydrogen (secondary N) is 2. The van der Waals surface area contributed by atoms with Crippen LogP contribution >= 0.6 is 0 Å². The number of carbonyl (C=O) groups is 1. The first-order valence-electron chi connectivity index (χ1n) is 10.0. The summed E-state index contributed by atoms with van der Waals surface area (Å²) in [7, 11) is 5.42. The van der Waals surface area contributed by atoms with Crippen LogP contribution in [0.1, 0.15) is 39.4 Å². The maximum atomic E-state index is 12.4. The fraction of sp³-hybridized carbons (Fsp3) is 0.217. The summed E-state index contributed by atoms with van der Waals surface area (Å²) in [4.78, 5) is 30.8. The Balaban J connectivity index is 1.69. The van der Waals surface area contributed by atoms with Gasteiger partial charge < -0.3 is 14.8 Å². The fourth-order valence-electron chi connectivity index (χ4n) is 4.31. The van der Waals surface area contributed by atoms with Gasteiger partial charge in [-0.25, -0.2) is 10.1 Å². The summed E-state index contributed by atoms with van der Waals surface area (Å²) in [6, 6.07) is 13.0. The summed E-state index contributed by atoms with van der Waals surface area (Å²) in [5.41, 5.74) is 3.04. The molecule has 2 unspecified atom stereocenters. The molecule has 3 heterocycles. The van der Waals surface area contributed by atoms with Crippen LogP contribution in [0.15, 0.2) is 59.7 Å². The summed E-state index contributed by atoms with van der Waals surface area (Å²) < 4.78 is 1.97. The van der Waals surface area contributed by atoms with Crippen LogP contribution in [0.2, 0.25) is 0 Å². The second-order valence-electron chi connectivity index (χ2n) is 7.98. The molecular formula is C23H22N6O2. The minimum atomic E-state index is -0.232. The van der Waals surface area contributed by atoms with Gasteiger partial charge >= 0.3 is 0 Å². The molecule has 2 aromatic heterocycles. The normalized spacial score (nSPS) is 17.4. The van der Waals surface area contributed by atoms with Crippen LogP contribution in [0.3, 0.4) is 0 Å². The molecule has 0 bridgehead atoms. The lowest BCUT2D eigenvalue weighted by atomic mass is 9.83. The number of aromatic amines is 1. The molecule has 0 spiro atoms. The van der Waals surface area contributed by atoms with Crippen molar-refractivity contribution in [2.24, 2.45) is 7.05 Å². The molecule has 5 rings (SSSR count). The van der Waals surface area contributed by atoms with E-state index in [-0.39, 0.29) is 23.4 Å². The molecule has 0 saturated carbocycles. The molecule has 0 saturated heterocycles. The molecule has 8 heteroatoms. The van der Waals surface area contributed by atoms with E-state index in [1.807, 2.05) is 60.3 Å². The van der Waals surface area contributed by atoms with Crippen LogP contribution < -0.4 is 10.9 Å². The molecule has 156 valence electrons. The topological polar surface area (TPSA) is 95.9 Å². The van der Waals surface area contributed by atoms with Crippen molar-refractivity contribution in [2.75, 3.05) is 19.4 Å². The highest BCUT2D eigenvalue weighted by atomic mass is 16.2. The average Bonchev–Trinajstić information content (AvgIpc) is 3.20. The van der Waals surface area contributed by atoms with Gasteiger partial charge in [0.1, 0.15) is 5.82 Å². The Labute approximate surface area is 178 Å². The van der Waals surface area contributed by atoms with Crippen LogP contribution in [0.5, 0.6) is 0 Å². The molecule has 0 radical (unpaired) electrons. The van der Waals surface area contributed by atoms with E-state index in [0.717, 1.165) is 28.2 Å². The molecule has 1 aliphatic rings. The number of aryl methyl sites for hydroxylation is 1. The van der Waals surface area contributed by atoms with Gasteiger partial charge in [-0.2, -0.15) is 5.10 Å². The van der Waals surface area contributed by atoms with E-state index in [0.29, 0.717) is 10.9 Å². The Bertz CT molecular complexity index is 1350. The lowest BCUT2D eigenvalue weighted by Gasteiger charge is -2.34. The number of aromatic nitrogens is 4. The number of hydrogen-bond donors (Lipinski definition) is 2. The molecule has 0 fully saturated rings. The SMILES string of the molecule is CN(C)C(=O)c1ccc(C2Nc3cccc4c(=O)[nH]nc(c34)C2c2nccn2C)cc1. The van der Waals surface area contributed by atoms with Crippen LogP contribution in [-0.4, -0.2) is 44.7 Å². The van der Waals surface area contributed by atoms with E-state index in [4.69, 9.17) is 0 Å². The van der Waals surface area contributed by atoms with Gasteiger partial charge in [-0.1, -0.05) is 18.2 Å². The monoisotopic (exact) mass is 414 g/mol. The highest BCUT2D eigenvalue weighted by Crippen LogP contribution is 2.45. The molecule has 2 N–H and O–H groups in total. The number of amides is 1. The number of nitrogens with zero attached hydrogens (tertiary/aromatic N) is 4. The Kier molecular flexibility index (Phi) is 4.35. The summed E-state index contributed by atoms with van der Waals surface area (Å²) in [6.45, 7) is 0. The van der Waals surface area contributed by atoms with E-state index in [1.54, 1.807) is 25.2 Å². The van der Waals surface area contributed by atoms with Crippen LogP contribution in [-0.2, 0) is 7.05 Å². The van der Waals surface area contributed by atoms with Crippen molar-refractivity contribution in [1.82, 2.24) is 24.6 Å². The Morgan fingerprint density at radius 3 is 2.58 bits per heavy atom. The van der Waals surface area contributed by atoms with Crippen molar-refractivity contribution >= 4 is 22.4 Å². The third-order valence-electron chi connectivity index (χ3n) is 5.84. The number of H-pyrrole nitrogens is 1. The number of anilines is 1. The summed E-state index contributed by atoms with van der Waals surface area (Å²) >= 11 is 0. The summed E-state index contributed by atoms with van der Waals surface area (Å²) in [5, 5.41) is 12.1. The first-order chi connectivity index (χ1) is 15.0. The van der Waals surface area contributed by atoms with E-state index < -0.39 is 0 Å². The minimum absolute atomic E-state index is 0.0434. The number of rotatable bonds is 3. The third kappa shape index (κ3) is 2.99. The Morgan fingerprint density at radius 2 is 1.90 bits per heavy atom. The van der Waals surface area contributed by atoms with Gasteiger partial charge in [-0.15, -0.1) is 0 Å².